The van der Waals surface area contributed by atoms with Gasteiger partial charge in [-0.15, -0.1) is 0 Å². The van der Waals surface area contributed by atoms with Crippen LogP contribution in [0.5, 0.6) is 0 Å². The van der Waals surface area contributed by atoms with Crippen LogP contribution >= 0.6 is 0 Å². The van der Waals surface area contributed by atoms with Crippen LogP contribution in [-0.4, -0.2) is 20.6 Å². The largest absolute Gasteiger partial charge is 0.457 e. The zero-order chi connectivity index (χ0) is 19.6. The quantitative estimate of drug-likeness (QED) is 0.495. The van der Waals surface area contributed by atoms with Gasteiger partial charge in [0, 0.05) is 23.3 Å². The van der Waals surface area contributed by atoms with E-state index in [1.807, 2.05) is 19.1 Å². The average molecular weight is 386 g/mol. The molecule has 140 valence electrons. The number of sulfone groups is 1. The van der Waals surface area contributed by atoms with Gasteiger partial charge in [0.15, 0.2) is 9.84 Å². The molecule has 1 heterocycles. The molecule has 3 aromatic rings. The molecular formula is C20H18O6S. The van der Waals surface area contributed by atoms with E-state index in [4.69, 9.17) is 9.15 Å². The minimum atomic E-state index is -3.20. The van der Waals surface area contributed by atoms with Crippen molar-refractivity contribution in [3.05, 3.63) is 81.2 Å². The zero-order valence-electron chi connectivity index (χ0n) is 14.9. The smallest absolute Gasteiger partial charge is 0.338 e. The van der Waals surface area contributed by atoms with Crippen molar-refractivity contribution >= 4 is 26.8 Å². The lowest BCUT2D eigenvalue weighted by molar-refractivity contribution is 0.0473. The molecule has 0 aliphatic rings. The van der Waals surface area contributed by atoms with Crippen LogP contribution in [0.25, 0.3) is 11.0 Å². The summed E-state index contributed by atoms with van der Waals surface area (Å²) in [4.78, 5) is 24.1. The monoisotopic (exact) mass is 386 g/mol. The van der Waals surface area contributed by atoms with Crippen molar-refractivity contribution in [3.8, 4) is 0 Å². The number of benzene rings is 2. The molecule has 0 N–H and O–H groups in total. The predicted molar refractivity (Wildman–Crippen MR) is 101 cm³/mol. The Labute approximate surface area is 156 Å². The molecule has 0 saturated carbocycles. The third-order valence-corrected chi connectivity index (χ3v) is 4.79. The van der Waals surface area contributed by atoms with Gasteiger partial charge in [0.25, 0.3) is 0 Å². The number of rotatable bonds is 5. The summed E-state index contributed by atoms with van der Waals surface area (Å²) >= 11 is 0. The molecule has 0 amide bonds. The van der Waals surface area contributed by atoms with Gasteiger partial charge < -0.3 is 9.15 Å². The van der Waals surface area contributed by atoms with Crippen LogP contribution in [0.1, 0.15) is 27.0 Å². The van der Waals surface area contributed by atoms with Crippen molar-refractivity contribution in [1.29, 1.82) is 0 Å². The van der Waals surface area contributed by atoms with Gasteiger partial charge in [-0.05, 0) is 36.2 Å². The maximum absolute atomic E-state index is 12.3. The van der Waals surface area contributed by atoms with Crippen molar-refractivity contribution in [1.82, 2.24) is 0 Å². The van der Waals surface area contributed by atoms with Crippen LogP contribution in [0, 0.1) is 6.92 Å². The molecule has 0 aliphatic carbocycles. The number of hydrogen-bond donors (Lipinski definition) is 0. The van der Waals surface area contributed by atoms with Gasteiger partial charge in [-0.25, -0.2) is 18.0 Å². The molecule has 0 atom stereocenters. The number of carbonyl (C=O) groups excluding carboxylic acids is 1. The first-order valence-corrected chi connectivity index (χ1v) is 10.2. The summed E-state index contributed by atoms with van der Waals surface area (Å²) in [7, 11) is -3.20. The van der Waals surface area contributed by atoms with E-state index in [0.29, 0.717) is 22.1 Å². The third kappa shape index (κ3) is 4.83. The molecule has 0 spiro atoms. The maximum Gasteiger partial charge on any atom is 0.338 e. The van der Waals surface area contributed by atoms with Crippen LogP contribution in [0.2, 0.25) is 0 Å². The van der Waals surface area contributed by atoms with E-state index in [9.17, 15) is 18.0 Å². The summed E-state index contributed by atoms with van der Waals surface area (Å²) in [5.41, 5.74) is 2.16. The number of esters is 1. The standard InChI is InChI=1S/C20H18O6S/c1-13-6-7-17-16(10-19(21)26-18(17)8-13)11-25-20(22)15-5-3-4-14(9-15)12-27(2,23)24/h3-10H,11-12H2,1-2H3. The number of carbonyl (C=O) groups is 1. The van der Waals surface area contributed by atoms with Gasteiger partial charge in [-0.1, -0.05) is 24.3 Å². The molecule has 3 rings (SSSR count). The lowest BCUT2D eigenvalue weighted by Gasteiger charge is -2.08. The van der Waals surface area contributed by atoms with E-state index in [1.54, 1.807) is 24.3 Å². The third-order valence-electron chi connectivity index (χ3n) is 3.94. The van der Waals surface area contributed by atoms with Crippen molar-refractivity contribution < 1.29 is 22.4 Å². The first-order chi connectivity index (χ1) is 12.7. The normalized spacial score (nSPS) is 11.5. The Morgan fingerprint density at radius 3 is 2.63 bits per heavy atom. The molecule has 0 unspecified atom stereocenters. The molecule has 7 heteroatoms. The number of fused-ring (bicyclic) bond motifs is 1. The summed E-state index contributed by atoms with van der Waals surface area (Å²) in [6.07, 6.45) is 1.13. The minimum absolute atomic E-state index is 0.0969. The molecule has 2 aromatic carbocycles. The predicted octanol–water partition coefficient (Wildman–Crippen LogP) is 3.00. The van der Waals surface area contributed by atoms with Gasteiger partial charge in [-0.3, -0.25) is 0 Å². The summed E-state index contributed by atoms with van der Waals surface area (Å²) in [6.45, 7) is 1.79. The van der Waals surface area contributed by atoms with Crippen molar-refractivity contribution in [2.24, 2.45) is 0 Å². The second kappa shape index (κ2) is 7.36. The highest BCUT2D eigenvalue weighted by molar-refractivity contribution is 7.89. The van der Waals surface area contributed by atoms with E-state index in [1.165, 1.54) is 12.1 Å². The van der Waals surface area contributed by atoms with E-state index >= 15 is 0 Å². The zero-order valence-corrected chi connectivity index (χ0v) is 15.7. The highest BCUT2D eigenvalue weighted by Crippen LogP contribution is 2.20. The maximum atomic E-state index is 12.3. The van der Waals surface area contributed by atoms with Crippen LogP contribution < -0.4 is 5.63 Å². The summed E-state index contributed by atoms with van der Waals surface area (Å²) in [5.74, 6) is -0.753. The Morgan fingerprint density at radius 2 is 1.89 bits per heavy atom. The van der Waals surface area contributed by atoms with Gasteiger partial charge in [0.05, 0.1) is 11.3 Å². The van der Waals surface area contributed by atoms with Crippen molar-refractivity contribution in [2.75, 3.05) is 6.26 Å². The molecule has 0 bridgehead atoms. The Bertz CT molecular complexity index is 1170. The molecule has 0 aliphatic heterocycles. The van der Waals surface area contributed by atoms with Crippen LogP contribution in [0.3, 0.4) is 0 Å². The Morgan fingerprint density at radius 1 is 1.11 bits per heavy atom. The Balaban J connectivity index is 1.81. The first-order valence-electron chi connectivity index (χ1n) is 8.18. The highest BCUT2D eigenvalue weighted by Gasteiger charge is 2.13. The van der Waals surface area contributed by atoms with Crippen molar-refractivity contribution in [2.45, 2.75) is 19.3 Å². The average Bonchev–Trinajstić information content (AvgIpc) is 2.57. The Kier molecular flexibility index (Phi) is 5.14. The fourth-order valence-electron chi connectivity index (χ4n) is 2.77. The molecule has 0 saturated heterocycles. The van der Waals surface area contributed by atoms with E-state index in [2.05, 4.69) is 0 Å². The first kappa shape index (κ1) is 18.8. The fraction of sp³-hybridized carbons (Fsp3) is 0.200. The van der Waals surface area contributed by atoms with E-state index in [0.717, 1.165) is 11.8 Å². The summed E-state index contributed by atoms with van der Waals surface area (Å²) in [6, 6.07) is 13.0. The summed E-state index contributed by atoms with van der Waals surface area (Å²) in [5, 5.41) is 0.693. The van der Waals surface area contributed by atoms with E-state index in [-0.39, 0.29) is 17.9 Å². The number of hydrogen-bond acceptors (Lipinski definition) is 6. The van der Waals surface area contributed by atoms with Crippen molar-refractivity contribution in [3.63, 3.8) is 0 Å². The molecule has 0 fully saturated rings. The molecular weight excluding hydrogens is 368 g/mol. The van der Waals surface area contributed by atoms with Gasteiger partial charge in [-0.2, -0.15) is 0 Å². The molecule has 6 nitrogen and oxygen atoms in total. The molecule has 1 aromatic heterocycles. The summed E-state index contributed by atoms with van der Waals surface area (Å²) < 4.78 is 33.3. The lowest BCUT2D eigenvalue weighted by Crippen LogP contribution is -2.09. The number of aryl methyl sites for hydroxylation is 1. The fourth-order valence-corrected chi connectivity index (χ4v) is 3.56. The van der Waals surface area contributed by atoms with Crippen LogP contribution in [-0.2, 0) is 26.9 Å². The van der Waals surface area contributed by atoms with Gasteiger partial charge >= 0.3 is 11.6 Å². The molecule has 27 heavy (non-hydrogen) atoms. The second-order valence-corrected chi connectivity index (χ2v) is 8.58. The Hall–Kier alpha value is -2.93. The lowest BCUT2D eigenvalue weighted by atomic mass is 10.1. The highest BCUT2D eigenvalue weighted by atomic mass is 32.2. The SMILES string of the molecule is Cc1ccc2c(COC(=O)c3cccc(CS(C)(=O)=O)c3)cc(=O)oc2c1. The van der Waals surface area contributed by atoms with Gasteiger partial charge in [0.1, 0.15) is 12.2 Å². The van der Waals surface area contributed by atoms with Gasteiger partial charge in [0.2, 0.25) is 0 Å². The number of ether oxygens (including phenoxy) is 1. The van der Waals surface area contributed by atoms with Crippen LogP contribution in [0.15, 0.2) is 57.7 Å². The second-order valence-electron chi connectivity index (χ2n) is 6.44. The van der Waals surface area contributed by atoms with Crippen LogP contribution in [0.4, 0.5) is 0 Å². The van der Waals surface area contributed by atoms with E-state index < -0.39 is 21.4 Å². The topological polar surface area (TPSA) is 90.7 Å². The minimum Gasteiger partial charge on any atom is -0.457 e. The molecule has 0 radical (unpaired) electrons.